The van der Waals surface area contributed by atoms with Gasteiger partial charge in [0.25, 0.3) is 0 Å². The van der Waals surface area contributed by atoms with Crippen molar-refractivity contribution in [3.8, 4) is 5.75 Å². The van der Waals surface area contributed by atoms with E-state index in [4.69, 9.17) is 10.5 Å². The van der Waals surface area contributed by atoms with Crippen LogP contribution in [0.4, 0.5) is 4.39 Å². The van der Waals surface area contributed by atoms with E-state index in [1.807, 2.05) is 29.6 Å². The van der Waals surface area contributed by atoms with Crippen molar-refractivity contribution in [3.05, 3.63) is 29.6 Å². The van der Waals surface area contributed by atoms with Gasteiger partial charge in [-0.1, -0.05) is 19.1 Å². The first-order valence-electron chi connectivity index (χ1n) is 6.43. The number of hydrogen-bond donors (Lipinski definition) is 1. The molecule has 0 spiro atoms. The maximum Gasteiger partial charge on any atom is 0.168 e. The van der Waals surface area contributed by atoms with Crippen LogP contribution in [0.25, 0.3) is 0 Å². The third-order valence-corrected chi connectivity index (χ3v) is 6.65. The molecule has 19 heavy (non-hydrogen) atoms. The van der Waals surface area contributed by atoms with Crippen LogP contribution in [0.15, 0.2) is 18.2 Å². The standard InChI is InChI=1S/C14H20FNOS2/c1-9-14(19-7-6-18-9)11(16)8-10-4-3-5-12(17-2)13(10)15/h3-5,9,11,14H,6-8,16H2,1-2H3. The molecule has 0 bridgehead atoms. The summed E-state index contributed by atoms with van der Waals surface area (Å²) in [4.78, 5) is 0. The monoisotopic (exact) mass is 301 g/mol. The highest BCUT2D eigenvalue weighted by molar-refractivity contribution is 8.07. The van der Waals surface area contributed by atoms with Gasteiger partial charge in [-0.25, -0.2) is 4.39 Å². The Morgan fingerprint density at radius 2 is 2.16 bits per heavy atom. The van der Waals surface area contributed by atoms with Gasteiger partial charge in [0.2, 0.25) is 0 Å². The lowest BCUT2D eigenvalue weighted by atomic mass is 10.0. The lowest BCUT2D eigenvalue weighted by Crippen LogP contribution is -2.42. The van der Waals surface area contributed by atoms with Gasteiger partial charge >= 0.3 is 0 Å². The molecule has 1 aliphatic heterocycles. The second-order valence-corrected chi connectivity index (χ2v) is 7.48. The number of halogens is 1. The molecule has 1 heterocycles. The van der Waals surface area contributed by atoms with Crippen LogP contribution in [-0.2, 0) is 6.42 Å². The van der Waals surface area contributed by atoms with E-state index in [-0.39, 0.29) is 11.9 Å². The predicted molar refractivity (Wildman–Crippen MR) is 82.8 cm³/mol. The van der Waals surface area contributed by atoms with Gasteiger partial charge in [-0.2, -0.15) is 23.5 Å². The van der Waals surface area contributed by atoms with Gasteiger partial charge in [-0.15, -0.1) is 0 Å². The molecule has 1 saturated heterocycles. The van der Waals surface area contributed by atoms with Crippen LogP contribution in [0, 0.1) is 5.82 Å². The number of hydrogen-bond acceptors (Lipinski definition) is 4. The van der Waals surface area contributed by atoms with E-state index in [1.54, 1.807) is 12.1 Å². The summed E-state index contributed by atoms with van der Waals surface area (Å²) in [5.41, 5.74) is 6.94. The molecular weight excluding hydrogens is 281 g/mol. The molecule has 3 unspecified atom stereocenters. The molecule has 1 aromatic carbocycles. The number of rotatable bonds is 4. The second-order valence-electron chi connectivity index (χ2n) is 4.71. The van der Waals surface area contributed by atoms with Gasteiger partial charge in [0, 0.05) is 28.0 Å². The Bertz CT molecular complexity index is 430. The van der Waals surface area contributed by atoms with E-state index < -0.39 is 0 Å². The van der Waals surface area contributed by atoms with Crippen molar-refractivity contribution in [1.29, 1.82) is 0 Å². The number of nitrogens with two attached hydrogens (primary N) is 1. The van der Waals surface area contributed by atoms with E-state index in [1.165, 1.54) is 12.9 Å². The highest BCUT2D eigenvalue weighted by Gasteiger charge is 2.28. The Balaban J connectivity index is 2.08. The number of methoxy groups -OCH3 is 1. The lowest BCUT2D eigenvalue weighted by molar-refractivity contribution is 0.383. The molecular formula is C14H20FNOS2. The Hall–Kier alpha value is -0.390. The fourth-order valence-electron chi connectivity index (χ4n) is 2.36. The molecule has 5 heteroatoms. The summed E-state index contributed by atoms with van der Waals surface area (Å²) in [6.45, 7) is 2.21. The third-order valence-electron chi connectivity index (χ3n) is 3.38. The molecule has 1 fully saturated rings. The number of benzene rings is 1. The smallest absolute Gasteiger partial charge is 0.168 e. The minimum absolute atomic E-state index is 0.0191. The summed E-state index contributed by atoms with van der Waals surface area (Å²) in [6.07, 6.45) is 0.561. The summed E-state index contributed by atoms with van der Waals surface area (Å²) < 4.78 is 19.1. The van der Waals surface area contributed by atoms with E-state index in [0.717, 1.165) is 5.75 Å². The molecule has 2 N–H and O–H groups in total. The van der Waals surface area contributed by atoms with E-state index in [0.29, 0.717) is 28.2 Å². The molecule has 0 saturated carbocycles. The van der Waals surface area contributed by atoms with Crippen molar-refractivity contribution in [2.45, 2.75) is 29.9 Å². The van der Waals surface area contributed by atoms with Gasteiger partial charge in [0.1, 0.15) is 0 Å². The SMILES string of the molecule is COc1cccc(CC(N)C2SCCSC2C)c1F. The van der Waals surface area contributed by atoms with Crippen LogP contribution in [0.3, 0.4) is 0 Å². The van der Waals surface area contributed by atoms with Crippen molar-refractivity contribution in [2.75, 3.05) is 18.6 Å². The van der Waals surface area contributed by atoms with Crippen LogP contribution in [-0.4, -0.2) is 35.2 Å². The molecule has 0 aromatic heterocycles. The molecule has 2 nitrogen and oxygen atoms in total. The zero-order valence-corrected chi connectivity index (χ0v) is 12.9. The van der Waals surface area contributed by atoms with Crippen LogP contribution in [0.1, 0.15) is 12.5 Å². The summed E-state index contributed by atoms with van der Waals surface area (Å²) in [6, 6.07) is 5.23. The summed E-state index contributed by atoms with van der Waals surface area (Å²) in [7, 11) is 1.48. The fourth-order valence-corrected chi connectivity index (χ4v) is 5.25. The van der Waals surface area contributed by atoms with Crippen molar-refractivity contribution < 1.29 is 9.13 Å². The molecule has 0 aliphatic carbocycles. The Labute approximate surface area is 122 Å². The average Bonchev–Trinajstić information content (AvgIpc) is 2.41. The van der Waals surface area contributed by atoms with Crippen molar-refractivity contribution in [2.24, 2.45) is 5.73 Å². The van der Waals surface area contributed by atoms with Crippen LogP contribution >= 0.6 is 23.5 Å². The normalized spacial score (nSPS) is 25.1. The van der Waals surface area contributed by atoms with Gasteiger partial charge in [0.05, 0.1) is 7.11 Å². The number of ether oxygens (including phenoxy) is 1. The molecule has 0 radical (unpaired) electrons. The predicted octanol–water partition coefficient (Wildman–Crippen LogP) is 2.94. The van der Waals surface area contributed by atoms with Gasteiger partial charge < -0.3 is 10.5 Å². The maximum absolute atomic E-state index is 14.1. The summed E-state index contributed by atoms with van der Waals surface area (Å²) in [5, 5.41) is 0.923. The number of thioether (sulfide) groups is 2. The first-order valence-corrected chi connectivity index (χ1v) is 8.53. The van der Waals surface area contributed by atoms with Gasteiger partial charge in [-0.05, 0) is 18.1 Å². The molecule has 106 valence electrons. The van der Waals surface area contributed by atoms with Crippen LogP contribution in [0.2, 0.25) is 0 Å². The van der Waals surface area contributed by atoms with Crippen LogP contribution < -0.4 is 10.5 Å². The quantitative estimate of drug-likeness (QED) is 0.927. The zero-order valence-electron chi connectivity index (χ0n) is 11.3. The third kappa shape index (κ3) is 3.58. The van der Waals surface area contributed by atoms with Crippen molar-refractivity contribution in [1.82, 2.24) is 0 Å². The topological polar surface area (TPSA) is 35.2 Å². The average molecular weight is 301 g/mol. The minimum atomic E-state index is -0.276. The second kappa shape index (κ2) is 6.86. The van der Waals surface area contributed by atoms with Gasteiger partial charge in [0.15, 0.2) is 11.6 Å². The Morgan fingerprint density at radius 1 is 1.42 bits per heavy atom. The van der Waals surface area contributed by atoms with E-state index in [2.05, 4.69) is 6.92 Å². The summed E-state index contributed by atoms with van der Waals surface area (Å²) >= 11 is 3.87. The highest BCUT2D eigenvalue weighted by atomic mass is 32.2. The van der Waals surface area contributed by atoms with E-state index >= 15 is 0 Å². The highest BCUT2D eigenvalue weighted by Crippen LogP contribution is 2.33. The molecule has 1 aliphatic rings. The first-order chi connectivity index (χ1) is 9.13. The Kier molecular flexibility index (Phi) is 5.42. The fraction of sp³-hybridized carbons (Fsp3) is 0.571. The lowest BCUT2D eigenvalue weighted by Gasteiger charge is -2.32. The van der Waals surface area contributed by atoms with Crippen LogP contribution in [0.5, 0.6) is 5.75 Å². The zero-order chi connectivity index (χ0) is 13.8. The summed E-state index contributed by atoms with van der Waals surface area (Å²) in [5.74, 6) is 2.33. The molecule has 0 amide bonds. The van der Waals surface area contributed by atoms with Crippen molar-refractivity contribution in [3.63, 3.8) is 0 Å². The molecule has 3 atom stereocenters. The minimum Gasteiger partial charge on any atom is -0.494 e. The molecule has 2 rings (SSSR count). The maximum atomic E-state index is 14.1. The first kappa shape index (κ1) is 15.0. The van der Waals surface area contributed by atoms with Crippen molar-refractivity contribution >= 4 is 23.5 Å². The largest absolute Gasteiger partial charge is 0.494 e. The van der Waals surface area contributed by atoms with Gasteiger partial charge in [-0.3, -0.25) is 0 Å². The molecule has 1 aromatic rings. The van der Waals surface area contributed by atoms with E-state index in [9.17, 15) is 4.39 Å². The Morgan fingerprint density at radius 3 is 2.84 bits per heavy atom.